The summed E-state index contributed by atoms with van der Waals surface area (Å²) in [4.78, 5) is 13.2. The molecule has 2 saturated heterocycles. The van der Waals surface area contributed by atoms with Crippen molar-refractivity contribution in [3.8, 4) is 5.75 Å². The second kappa shape index (κ2) is 13.1. The Morgan fingerprint density at radius 2 is 1.62 bits per heavy atom. The van der Waals surface area contributed by atoms with Crippen molar-refractivity contribution in [3.63, 3.8) is 0 Å². The summed E-state index contributed by atoms with van der Waals surface area (Å²) in [5.74, 6) is 0.451. The van der Waals surface area contributed by atoms with Gasteiger partial charge in [-0.25, -0.2) is 4.79 Å². The predicted octanol–water partition coefficient (Wildman–Crippen LogP) is 7.50. The van der Waals surface area contributed by atoms with Gasteiger partial charge in [-0.1, -0.05) is 84.4 Å². The fraction of sp³-hybridized carbons (Fsp3) is 0.286. The van der Waals surface area contributed by atoms with Crippen LogP contribution < -0.4 is 4.74 Å². The van der Waals surface area contributed by atoms with Gasteiger partial charge in [0.1, 0.15) is 24.1 Å². The molecule has 4 aromatic rings. The molecule has 0 bridgehead atoms. The van der Waals surface area contributed by atoms with Gasteiger partial charge in [0.05, 0.1) is 24.9 Å². The van der Waals surface area contributed by atoms with Gasteiger partial charge in [0.15, 0.2) is 6.29 Å². The van der Waals surface area contributed by atoms with Crippen molar-refractivity contribution in [2.24, 2.45) is 0 Å². The lowest BCUT2D eigenvalue weighted by atomic mass is 9.91. The zero-order chi connectivity index (χ0) is 28.9. The summed E-state index contributed by atoms with van der Waals surface area (Å²) in [6.45, 7) is 2.91. The highest BCUT2D eigenvalue weighted by atomic mass is 35.5. The van der Waals surface area contributed by atoms with Crippen LogP contribution in [0.2, 0.25) is 5.02 Å². The van der Waals surface area contributed by atoms with Crippen LogP contribution in [-0.2, 0) is 25.4 Å². The number of hydrogen-bond donors (Lipinski definition) is 0. The van der Waals surface area contributed by atoms with Crippen LogP contribution in [0.1, 0.15) is 58.4 Å². The molecule has 0 N–H and O–H groups in total. The summed E-state index contributed by atoms with van der Waals surface area (Å²) in [5, 5.41) is 0.684. The number of esters is 1. The minimum absolute atomic E-state index is 0.312. The van der Waals surface area contributed by atoms with Gasteiger partial charge in [0.25, 0.3) is 0 Å². The van der Waals surface area contributed by atoms with Crippen LogP contribution in [0, 0.1) is 0 Å². The minimum Gasteiger partial charge on any atom is -0.494 e. The quantitative estimate of drug-likeness (QED) is 0.200. The van der Waals surface area contributed by atoms with Gasteiger partial charge in [-0.2, -0.15) is 0 Å². The largest absolute Gasteiger partial charge is 0.494 e. The summed E-state index contributed by atoms with van der Waals surface area (Å²) in [5.41, 5.74) is 4.47. The van der Waals surface area contributed by atoms with Gasteiger partial charge in [0, 0.05) is 17.0 Å². The number of fused-ring (bicyclic) bond motifs is 1. The highest BCUT2D eigenvalue weighted by Gasteiger charge is 2.46. The molecule has 216 valence electrons. The standard InChI is InChI=1S/C35H33ClO6/c1-2-38-28-16-13-23(14-17-28)19-27-20-26(15-18-29(27)36)30-21-31(41-34(37)24-9-5-3-6-10-24)33-32(40-30)22-39-35(42-33)25-11-7-4-8-12-25/h3-18,20,30-33,35H,2,19,21-22H2,1H3. The lowest BCUT2D eigenvalue weighted by molar-refractivity contribution is -0.310. The maximum absolute atomic E-state index is 13.2. The van der Waals surface area contributed by atoms with E-state index in [2.05, 4.69) is 18.2 Å². The Morgan fingerprint density at radius 3 is 2.36 bits per heavy atom. The number of hydrogen-bond acceptors (Lipinski definition) is 6. The van der Waals surface area contributed by atoms with Gasteiger partial charge in [-0.15, -0.1) is 0 Å². The average molecular weight is 585 g/mol. The molecule has 5 unspecified atom stereocenters. The molecule has 42 heavy (non-hydrogen) atoms. The van der Waals surface area contributed by atoms with Crippen molar-refractivity contribution >= 4 is 17.6 Å². The molecule has 0 spiro atoms. The average Bonchev–Trinajstić information content (AvgIpc) is 3.03. The van der Waals surface area contributed by atoms with Gasteiger partial charge >= 0.3 is 5.97 Å². The van der Waals surface area contributed by atoms with E-state index in [1.165, 1.54) is 0 Å². The zero-order valence-corrected chi connectivity index (χ0v) is 24.1. The Hall–Kier alpha value is -3.68. The van der Waals surface area contributed by atoms with Crippen molar-refractivity contribution < 1.29 is 28.5 Å². The van der Waals surface area contributed by atoms with Crippen LogP contribution in [0.5, 0.6) is 5.75 Å². The molecule has 2 aliphatic rings. The first-order valence-electron chi connectivity index (χ1n) is 14.3. The van der Waals surface area contributed by atoms with Crippen LogP contribution in [0.15, 0.2) is 103 Å². The second-order valence-corrected chi connectivity index (χ2v) is 10.9. The highest BCUT2D eigenvalue weighted by Crippen LogP contribution is 2.41. The molecule has 7 heteroatoms. The summed E-state index contributed by atoms with van der Waals surface area (Å²) >= 11 is 6.64. The van der Waals surface area contributed by atoms with Crippen LogP contribution in [0.25, 0.3) is 0 Å². The maximum atomic E-state index is 13.2. The van der Waals surface area contributed by atoms with Crippen LogP contribution in [0.4, 0.5) is 0 Å². The smallest absolute Gasteiger partial charge is 0.338 e. The molecule has 0 amide bonds. The zero-order valence-electron chi connectivity index (χ0n) is 23.4. The molecule has 2 heterocycles. The third kappa shape index (κ3) is 6.53. The van der Waals surface area contributed by atoms with E-state index in [1.54, 1.807) is 12.1 Å². The van der Waals surface area contributed by atoms with E-state index in [1.807, 2.05) is 79.7 Å². The molecule has 0 radical (unpaired) electrons. The molecule has 5 atom stereocenters. The fourth-order valence-electron chi connectivity index (χ4n) is 5.52. The van der Waals surface area contributed by atoms with E-state index >= 15 is 0 Å². The SMILES string of the molecule is CCOc1ccc(Cc2cc(C3CC(OC(=O)c4ccccc4)C4OC(c5ccccc5)OCC4O3)ccc2Cl)cc1. The van der Waals surface area contributed by atoms with Crippen LogP contribution >= 0.6 is 11.6 Å². The topological polar surface area (TPSA) is 63.2 Å². The molecular weight excluding hydrogens is 552 g/mol. The van der Waals surface area contributed by atoms with Crippen molar-refractivity contribution in [1.82, 2.24) is 0 Å². The highest BCUT2D eigenvalue weighted by molar-refractivity contribution is 6.31. The summed E-state index contributed by atoms with van der Waals surface area (Å²) in [6.07, 6.45) is -1.24. The van der Waals surface area contributed by atoms with Gasteiger partial charge in [0.2, 0.25) is 0 Å². The third-order valence-electron chi connectivity index (χ3n) is 7.62. The normalized spacial score (nSPS) is 23.5. The Labute approximate surface area is 251 Å². The first-order chi connectivity index (χ1) is 20.6. The number of carbonyl (C=O) groups is 1. The molecule has 6 nitrogen and oxygen atoms in total. The number of benzene rings is 4. The summed E-state index contributed by atoms with van der Waals surface area (Å²) in [6, 6.07) is 32.8. The van der Waals surface area contributed by atoms with Crippen molar-refractivity contribution in [3.05, 3.63) is 136 Å². The Bertz CT molecular complexity index is 1480. The number of ether oxygens (including phenoxy) is 5. The van der Waals surface area contributed by atoms with E-state index in [9.17, 15) is 4.79 Å². The Balaban J connectivity index is 1.24. The van der Waals surface area contributed by atoms with Crippen LogP contribution in [-0.4, -0.2) is 37.5 Å². The predicted molar refractivity (Wildman–Crippen MR) is 160 cm³/mol. The molecule has 6 rings (SSSR count). The van der Waals surface area contributed by atoms with Crippen molar-refractivity contribution in [2.75, 3.05) is 13.2 Å². The number of carbonyl (C=O) groups excluding carboxylic acids is 1. The monoisotopic (exact) mass is 584 g/mol. The van der Waals surface area contributed by atoms with Gasteiger partial charge in [-0.05, 0) is 60.4 Å². The second-order valence-electron chi connectivity index (χ2n) is 10.5. The summed E-state index contributed by atoms with van der Waals surface area (Å²) < 4.78 is 30.8. The number of halogens is 1. The van der Waals surface area contributed by atoms with E-state index in [-0.39, 0.29) is 6.10 Å². The Kier molecular flexibility index (Phi) is 8.87. The lowest BCUT2D eigenvalue weighted by Gasteiger charge is -2.45. The molecule has 0 aromatic heterocycles. The van der Waals surface area contributed by atoms with Crippen molar-refractivity contribution in [2.45, 2.75) is 50.5 Å². The van der Waals surface area contributed by atoms with E-state index < -0.39 is 30.6 Å². The van der Waals surface area contributed by atoms with E-state index in [0.29, 0.717) is 36.6 Å². The third-order valence-corrected chi connectivity index (χ3v) is 7.99. The van der Waals surface area contributed by atoms with Crippen molar-refractivity contribution in [1.29, 1.82) is 0 Å². The van der Waals surface area contributed by atoms with Gasteiger partial charge < -0.3 is 23.7 Å². The lowest BCUT2D eigenvalue weighted by Crippen LogP contribution is -2.54. The first-order valence-corrected chi connectivity index (χ1v) is 14.7. The molecule has 2 aliphatic heterocycles. The van der Waals surface area contributed by atoms with Gasteiger partial charge in [-0.3, -0.25) is 0 Å². The summed E-state index contributed by atoms with van der Waals surface area (Å²) in [7, 11) is 0. The molecular formula is C35H33ClO6. The number of rotatable bonds is 8. The van der Waals surface area contributed by atoms with Crippen LogP contribution in [0.3, 0.4) is 0 Å². The van der Waals surface area contributed by atoms with E-state index in [0.717, 1.165) is 28.0 Å². The minimum atomic E-state index is -0.568. The van der Waals surface area contributed by atoms with E-state index in [4.69, 9.17) is 35.3 Å². The maximum Gasteiger partial charge on any atom is 0.338 e. The molecule has 2 fully saturated rings. The molecule has 4 aromatic carbocycles. The Morgan fingerprint density at radius 1 is 0.881 bits per heavy atom. The molecule has 0 saturated carbocycles. The fourth-order valence-corrected chi connectivity index (χ4v) is 5.70. The first kappa shape index (κ1) is 28.4. The molecule has 0 aliphatic carbocycles.